The lowest BCUT2D eigenvalue weighted by atomic mass is 10.3. The number of nitrogens with zero attached hydrogens (tertiary/aromatic N) is 3. The molecule has 0 aliphatic heterocycles. The van der Waals surface area contributed by atoms with Gasteiger partial charge in [-0.3, -0.25) is 9.97 Å². The van der Waals surface area contributed by atoms with E-state index < -0.39 is 15.1 Å². The van der Waals surface area contributed by atoms with Gasteiger partial charge in [-0.1, -0.05) is 6.07 Å². The van der Waals surface area contributed by atoms with Crippen molar-refractivity contribution >= 4 is 32.5 Å². The van der Waals surface area contributed by atoms with Crippen molar-refractivity contribution in [1.29, 1.82) is 0 Å². The van der Waals surface area contributed by atoms with E-state index in [0.29, 0.717) is 11.4 Å². The molecule has 3 rings (SSSR count). The van der Waals surface area contributed by atoms with Gasteiger partial charge in [0.2, 0.25) is 0 Å². The first-order valence-electron chi connectivity index (χ1n) is 6.52. The molecule has 22 heavy (non-hydrogen) atoms. The van der Waals surface area contributed by atoms with E-state index in [1.165, 1.54) is 29.9 Å². The molecule has 0 radical (unpaired) electrons. The van der Waals surface area contributed by atoms with Crippen LogP contribution in [0.1, 0.15) is 23.6 Å². The van der Waals surface area contributed by atoms with Crippen molar-refractivity contribution in [2.24, 2.45) is 0 Å². The molecule has 5 nitrogen and oxygen atoms in total. The van der Waals surface area contributed by atoms with Crippen LogP contribution in [0.15, 0.2) is 41.5 Å². The molecule has 0 fully saturated rings. The van der Waals surface area contributed by atoms with Crippen molar-refractivity contribution in [3.8, 4) is 9.88 Å². The Morgan fingerprint density at radius 1 is 1.27 bits per heavy atom. The normalized spacial score (nSPS) is 13.1. The Kier molecular flexibility index (Phi) is 4.32. The van der Waals surface area contributed by atoms with Crippen molar-refractivity contribution in [2.45, 2.75) is 17.9 Å². The van der Waals surface area contributed by atoms with Gasteiger partial charge in [0.15, 0.2) is 9.84 Å². The molecule has 0 bridgehead atoms. The van der Waals surface area contributed by atoms with Crippen LogP contribution in [0, 0.1) is 0 Å². The molecular weight excluding hydrogens is 338 g/mol. The summed E-state index contributed by atoms with van der Waals surface area (Å²) in [6, 6.07) is 3.93. The average molecular weight is 351 g/mol. The highest BCUT2D eigenvalue weighted by Crippen LogP contribution is 2.30. The number of thiazole rings is 1. The quantitative estimate of drug-likeness (QED) is 0.705. The van der Waals surface area contributed by atoms with Crippen molar-refractivity contribution in [3.05, 3.63) is 52.9 Å². The number of sulfone groups is 1. The van der Waals surface area contributed by atoms with Gasteiger partial charge in [0.1, 0.15) is 10.3 Å². The van der Waals surface area contributed by atoms with E-state index in [1.807, 2.05) is 17.5 Å². The molecule has 3 heterocycles. The van der Waals surface area contributed by atoms with Crippen LogP contribution >= 0.6 is 22.7 Å². The second-order valence-corrected chi connectivity index (χ2v) is 8.83. The predicted octanol–water partition coefficient (Wildman–Crippen LogP) is 3.34. The molecule has 0 amide bonds. The van der Waals surface area contributed by atoms with Gasteiger partial charge in [0.25, 0.3) is 0 Å². The van der Waals surface area contributed by atoms with Gasteiger partial charge in [0, 0.05) is 24.0 Å². The first-order chi connectivity index (χ1) is 10.6. The number of hydrogen-bond donors (Lipinski definition) is 0. The standard InChI is InChI=1S/C14H13N3O2S3/c1-10(12-7-15-4-5-16-12)22(18,19)9-11-8-21-14(17-11)13-3-2-6-20-13/h2-8,10H,9H2,1H3/t10-/m1/s1. The van der Waals surface area contributed by atoms with Crippen LogP contribution in [0.25, 0.3) is 9.88 Å². The summed E-state index contributed by atoms with van der Waals surface area (Å²) in [4.78, 5) is 13.5. The molecule has 1 atom stereocenters. The van der Waals surface area contributed by atoms with Gasteiger partial charge >= 0.3 is 0 Å². The Labute approximate surface area is 136 Å². The maximum atomic E-state index is 12.5. The first kappa shape index (κ1) is 15.3. The minimum absolute atomic E-state index is 0.0907. The van der Waals surface area contributed by atoms with Gasteiger partial charge in [-0.15, -0.1) is 22.7 Å². The van der Waals surface area contributed by atoms with Gasteiger partial charge in [0.05, 0.1) is 22.0 Å². The smallest absolute Gasteiger partial charge is 0.164 e. The van der Waals surface area contributed by atoms with E-state index in [4.69, 9.17) is 0 Å². The van der Waals surface area contributed by atoms with E-state index >= 15 is 0 Å². The van der Waals surface area contributed by atoms with Crippen LogP contribution in [-0.2, 0) is 15.6 Å². The van der Waals surface area contributed by atoms with Crippen LogP contribution in [0.3, 0.4) is 0 Å². The average Bonchev–Trinajstić information content (AvgIpc) is 3.18. The Balaban J connectivity index is 1.80. The lowest BCUT2D eigenvalue weighted by Gasteiger charge is -2.10. The van der Waals surface area contributed by atoms with Gasteiger partial charge in [-0.05, 0) is 18.4 Å². The third-order valence-corrected chi connectivity index (χ3v) is 7.12. The Hall–Kier alpha value is -1.64. The van der Waals surface area contributed by atoms with E-state index in [2.05, 4.69) is 15.0 Å². The summed E-state index contributed by atoms with van der Waals surface area (Å²) in [5, 5.41) is 3.93. The van der Waals surface area contributed by atoms with Crippen LogP contribution in [0.5, 0.6) is 0 Å². The highest BCUT2D eigenvalue weighted by Gasteiger charge is 2.25. The third kappa shape index (κ3) is 3.23. The number of rotatable bonds is 5. The molecule has 3 aromatic rings. The van der Waals surface area contributed by atoms with Crippen molar-refractivity contribution in [2.75, 3.05) is 0 Å². The minimum Gasteiger partial charge on any atom is -0.261 e. The highest BCUT2D eigenvalue weighted by molar-refractivity contribution is 7.90. The summed E-state index contributed by atoms with van der Waals surface area (Å²) in [5.41, 5.74) is 1.03. The molecule has 0 saturated carbocycles. The molecule has 3 aromatic heterocycles. The number of hydrogen-bond acceptors (Lipinski definition) is 7. The molecule has 114 valence electrons. The Morgan fingerprint density at radius 3 is 2.82 bits per heavy atom. The van der Waals surface area contributed by atoms with Crippen LogP contribution in [0.2, 0.25) is 0 Å². The molecule has 0 aliphatic carbocycles. The summed E-state index contributed by atoms with van der Waals surface area (Å²) in [6.45, 7) is 1.63. The fraction of sp³-hybridized carbons (Fsp3) is 0.214. The van der Waals surface area contributed by atoms with Gasteiger partial charge in [-0.25, -0.2) is 13.4 Å². The lowest BCUT2D eigenvalue weighted by Crippen LogP contribution is -2.14. The summed E-state index contributed by atoms with van der Waals surface area (Å²) >= 11 is 3.05. The predicted molar refractivity (Wildman–Crippen MR) is 88.5 cm³/mol. The molecule has 0 saturated heterocycles. The molecule has 8 heteroatoms. The second kappa shape index (κ2) is 6.23. The summed E-state index contributed by atoms with van der Waals surface area (Å²) in [7, 11) is -3.38. The topological polar surface area (TPSA) is 72.8 Å². The van der Waals surface area contributed by atoms with Gasteiger partial charge < -0.3 is 0 Å². The fourth-order valence-electron chi connectivity index (χ4n) is 1.92. The number of aromatic nitrogens is 3. The molecule has 0 N–H and O–H groups in total. The van der Waals surface area contributed by atoms with E-state index in [1.54, 1.807) is 23.6 Å². The zero-order chi connectivity index (χ0) is 15.6. The monoisotopic (exact) mass is 351 g/mol. The minimum atomic E-state index is -3.38. The molecule has 0 aromatic carbocycles. The third-order valence-electron chi connectivity index (χ3n) is 3.17. The fourth-order valence-corrected chi connectivity index (χ4v) is 4.96. The number of thiophene rings is 1. The van der Waals surface area contributed by atoms with E-state index in [0.717, 1.165) is 9.88 Å². The maximum Gasteiger partial charge on any atom is 0.164 e. The van der Waals surface area contributed by atoms with Gasteiger partial charge in [-0.2, -0.15) is 0 Å². The maximum absolute atomic E-state index is 12.5. The summed E-state index contributed by atoms with van der Waals surface area (Å²) < 4.78 is 25.0. The van der Waals surface area contributed by atoms with Crippen LogP contribution < -0.4 is 0 Å². The van der Waals surface area contributed by atoms with E-state index in [9.17, 15) is 8.42 Å². The largest absolute Gasteiger partial charge is 0.261 e. The van der Waals surface area contributed by atoms with Crippen LogP contribution in [0.4, 0.5) is 0 Å². The zero-order valence-corrected chi connectivity index (χ0v) is 14.2. The Bertz CT molecular complexity index is 843. The van der Waals surface area contributed by atoms with Crippen molar-refractivity contribution < 1.29 is 8.42 Å². The van der Waals surface area contributed by atoms with Crippen molar-refractivity contribution in [1.82, 2.24) is 15.0 Å². The summed E-state index contributed by atoms with van der Waals surface area (Å²) in [5.74, 6) is -0.0907. The molecular formula is C14H13N3O2S3. The summed E-state index contributed by atoms with van der Waals surface area (Å²) in [6.07, 6.45) is 4.51. The Morgan fingerprint density at radius 2 is 2.14 bits per heavy atom. The molecule has 0 aliphatic rings. The molecule has 0 unspecified atom stereocenters. The molecule has 0 spiro atoms. The SMILES string of the molecule is C[C@H](c1cnccn1)S(=O)(=O)Cc1csc(-c2cccs2)n1. The second-order valence-electron chi connectivity index (χ2n) is 4.70. The van der Waals surface area contributed by atoms with E-state index in [-0.39, 0.29) is 5.75 Å². The van der Waals surface area contributed by atoms with Crippen molar-refractivity contribution in [3.63, 3.8) is 0 Å². The zero-order valence-electron chi connectivity index (χ0n) is 11.7. The first-order valence-corrected chi connectivity index (χ1v) is 9.99. The van der Waals surface area contributed by atoms with Crippen LogP contribution in [-0.4, -0.2) is 23.4 Å². The highest BCUT2D eigenvalue weighted by atomic mass is 32.2. The lowest BCUT2D eigenvalue weighted by molar-refractivity contribution is 0.583.